The van der Waals surface area contributed by atoms with Crippen molar-refractivity contribution in [3.63, 3.8) is 0 Å². The second-order valence-electron chi connectivity index (χ2n) is 5.22. The van der Waals surface area contributed by atoms with Gasteiger partial charge in [0.2, 0.25) is 0 Å². The molecule has 1 heterocycles. The molecule has 3 nitrogen and oxygen atoms in total. The summed E-state index contributed by atoms with van der Waals surface area (Å²) >= 11 is 0.909. The lowest BCUT2D eigenvalue weighted by Gasteiger charge is -2.08. The van der Waals surface area contributed by atoms with Gasteiger partial charge in [-0.25, -0.2) is 0 Å². The molecule has 0 fully saturated rings. The summed E-state index contributed by atoms with van der Waals surface area (Å²) in [4.78, 5) is 11.6. The zero-order valence-corrected chi connectivity index (χ0v) is 13.1. The Labute approximate surface area is 139 Å². The molecule has 2 aromatic carbocycles. The molecule has 0 N–H and O–H groups in total. The van der Waals surface area contributed by atoms with Crippen LogP contribution < -0.4 is 4.87 Å². The molecule has 0 aliphatic heterocycles. The number of thiazole rings is 1. The molecular formula is C17H11F3N2OS. The first-order chi connectivity index (χ1) is 11.4. The van der Waals surface area contributed by atoms with Crippen LogP contribution in [0.15, 0.2) is 47.3 Å². The summed E-state index contributed by atoms with van der Waals surface area (Å²) in [6, 6.07) is 14.2. The molecule has 24 heavy (non-hydrogen) atoms. The largest absolute Gasteiger partial charge is 0.390 e. The zero-order chi connectivity index (χ0) is 17.3. The number of fused-ring (bicyclic) bond motifs is 1. The molecule has 0 saturated heterocycles. The Bertz CT molecular complexity index is 995. The Morgan fingerprint density at radius 3 is 2.62 bits per heavy atom. The van der Waals surface area contributed by atoms with Crippen molar-refractivity contribution in [3.05, 3.63) is 57.7 Å². The van der Waals surface area contributed by atoms with Gasteiger partial charge >= 0.3 is 11.0 Å². The molecule has 3 aromatic rings. The fourth-order valence-electron chi connectivity index (χ4n) is 2.52. The van der Waals surface area contributed by atoms with E-state index in [0.29, 0.717) is 15.8 Å². The third kappa shape index (κ3) is 3.19. The predicted octanol–water partition coefficient (Wildman–Crippen LogP) is 4.55. The zero-order valence-electron chi connectivity index (χ0n) is 12.3. The average Bonchev–Trinajstić information content (AvgIpc) is 2.86. The van der Waals surface area contributed by atoms with E-state index in [1.807, 2.05) is 0 Å². The first-order valence-electron chi connectivity index (χ1n) is 7.09. The molecule has 0 bridgehead atoms. The van der Waals surface area contributed by atoms with E-state index in [1.165, 1.54) is 0 Å². The molecule has 0 atom stereocenters. The van der Waals surface area contributed by atoms with Gasteiger partial charge in [0.15, 0.2) is 0 Å². The minimum atomic E-state index is -4.31. The van der Waals surface area contributed by atoms with Crippen LogP contribution in [0.25, 0.3) is 21.3 Å². The maximum Gasteiger partial charge on any atom is 0.390 e. The van der Waals surface area contributed by atoms with E-state index in [9.17, 15) is 23.2 Å². The maximum atomic E-state index is 12.4. The molecule has 1 aromatic heterocycles. The van der Waals surface area contributed by atoms with Gasteiger partial charge in [-0.15, -0.1) is 0 Å². The SMILES string of the molecule is N#Cc1ccccc1-c1ccc2c(c1)sc(=O)n2CCC(F)(F)F. The van der Waals surface area contributed by atoms with Crippen molar-refractivity contribution >= 4 is 21.6 Å². The molecule has 0 unspecified atom stereocenters. The van der Waals surface area contributed by atoms with E-state index < -0.39 is 24.0 Å². The number of aromatic nitrogens is 1. The Morgan fingerprint density at radius 1 is 1.17 bits per heavy atom. The van der Waals surface area contributed by atoms with E-state index in [4.69, 9.17) is 0 Å². The molecule has 3 rings (SSSR count). The highest BCUT2D eigenvalue weighted by atomic mass is 32.1. The molecule has 122 valence electrons. The van der Waals surface area contributed by atoms with E-state index in [1.54, 1.807) is 42.5 Å². The number of rotatable bonds is 3. The van der Waals surface area contributed by atoms with Crippen LogP contribution in [0.5, 0.6) is 0 Å². The fourth-order valence-corrected chi connectivity index (χ4v) is 3.47. The van der Waals surface area contributed by atoms with Gasteiger partial charge in [-0.1, -0.05) is 35.6 Å². The summed E-state index contributed by atoms with van der Waals surface area (Å²) in [5, 5.41) is 9.18. The van der Waals surface area contributed by atoms with Gasteiger partial charge in [0.05, 0.1) is 28.3 Å². The molecule has 0 amide bonds. The molecular weight excluding hydrogens is 337 g/mol. The second-order valence-corrected chi connectivity index (χ2v) is 6.22. The lowest BCUT2D eigenvalue weighted by Crippen LogP contribution is -2.18. The van der Waals surface area contributed by atoms with Crippen molar-refractivity contribution in [2.75, 3.05) is 0 Å². The van der Waals surface area contributed by atoms with E-state index in [0.717, 1.165) is 27.0 Å². The van der Waals surface area contributed by atoms with Gasteiger partial charge in [-0.05, 0) is 29.3 Å². The number of hydrogen-bond donors (Lipinski definition) is 0. The third-order valence-electron chi connectivity index (χ3n) is 3.65. The molecule has 0 saturated carbocycles. The normalized spacial score (nSPS) is 11.6. The number of alkyl halides is 3. The van der Waals surface area contributed by atoms with Gasteiger partial charge in [0.25, 0.3) is 0 Å². The smallest absolute Gasteiger partial charge is 0.298 e. The predicted molar refractivity (Wildman–Crippen MR) is 86.9 cm³/mol. The lowest BCUT2D eigenvalue weighted by atomic mass is 10.0. The highest BCUT2D eigenvalue weighted by Gasteiger charge is 2.27. The van der Waals surface area contributed by atoms with Gasteiger partial charge < -0.3 is 0 Å². The molecule has 0 spiro atoms. The van der Waals surface area contributed by atoms with Crippen LogP contribution in [0.1, 0.15) is 12.0 Å². The molecule has 7 heteroatoms. The Morgan fingerprint density at radius 2 is 1.92 bits per heavy atom. The topological polar surface area (TPSA) is 45.8 Å². The maximum absolute atomic E-state index is 12.4. The number of nitrogens with zero attached hydrogens (tertiary/aromatic N) is 2. The monoisotopic (exact) mass is 348 g/mol. The van der Waals surface area contributed by atoms with Crippen LogP contribution >= 0.6 is 11.3 Å². The standard InChI is InChI=1S/C17H11F3N2OS/c18-17(19,20)7-8-22-14-6-5-11(9-15(14)24-16(22)23)13-4-2-1-3-12(13)10-21/h1-6,9H,7-8H2. The summed E-state index contributed by atoms with van der Waals surface area (Å²) in [6.45, 7) is -0.392. The number of benzene rings is 2. The number of hydrogen-bond acceptors (Lipinski definition) is 3. The summed E-state index contributed by atoms with van der Waals surface area (Å²) in [7, 11) is 0. The highest BCUT2D eigenvalue weighted by molar-refractivity contribution is 7.16. The number of aryl methyl sites for hydroxylation is 1. The first-order valence-corrected chi connectivity index (χ1v) is 7.90. The van der Waals surface area contributed by atoms with Gasteiger partial charge in [0, 0.05) is 6.54 Å². The van der Waals surface area contributed by atoms with Gasteiger partial charge in [-0.2, -0.15) is 18.4 Å². The second kappa shape index (κ2) is 6.13. The summed E-state index contributed by atoms with van der Waals surface area (Å²) in [6.07, 6.45) is -5.35. The quantitative estimate of drug-likeness (QED) is 0.697. The summed E-state index contributed by atoms with van der Waals surface area (Å²) in [5.74, 6) is 0. The van der Waals surface area contributed by atoms with Crippen molar-refractivity contribution < 1.29 is 13.2 Å². The van der Waals surface area contributed by atoms with E-state index >= 15 is 0 Å². The summed E-state index contributed by atoms with van der Waals surface area (Å²) in [5.41, 5.74) is 2.46. The highest BCUT2D eigenvalue weighted by Crippen LogP contribution is 2.29. The van der Waals surface area contributed by atoms with Crippen LogP contribution in [0, 0.1) is 11.3 Å². The van der Waals surface area contributed by atoms with E-state index in [-0.39, 0.29) is 0 Å². The van der Waals surface area contributed by atoms with Crippen molar-refractivity contribution in [2.45, 2.75) is 19.1 Å². The average molecular weight is 348 g/mol. The number of halogens is 3. The lowest BCUT2D eigenvalue weighted by molar-refractivity contribution is -0.136. The van der Waals surface area contributed by atoms with Crippen LogP contribution in [-0.2, 0) is 6.54 Å². The van der Waals surface area contributed by atoms with Crippen molar-refractivity contribution in [1.29, 1.82) is 5.26 Å². The van der Waals surface area contributed by atoms with Gasteiger partial charge in [0.1, 0.15) is 0 Å². The molecule has 0 aliphatic carbocycles. The minimum absolute atomic E-state index is 0.392. The van der Waals surface area contributed by atoms with Crippen LogP contribution in [0.4, 0.5) is 13.2 Å². The van der Waals surface area contributed by atoms with E-state index in [2.05, 4.69) is 6.07 Å². The Kier molecular flexibility index (Phi) is 4.16. The van der Waals surface area contributed by atoms with Crippen molar-refractivity contribution in [3.8, 4) is 17.2 Å². The van der Waals surface area contributed by atoms with Crippen molar-refractivity contribution in [1.82, 2.24) is 4.57 Å². The Hall–Kier alpha value is -2.59. The summed E-state index contributed by atoms with van der Waals surface area (Å²) < 4.78 is 39.0. The van der Waals surface area contributed by atoms with Crippen LogP contribution in [0.2, 0.25) is 0 Å². The fraction of sp³-hybridized carbons (Fsp3) is 0.176. The first kappa shape index (κ1) is 16.3. The Balaban J connectivity index is 2.05. The third-order valence-corrected chi connectivity index (χ3v) is 4.59. The molecule has 0 aliphatic rings. The number of nitriles is 1. The molecule has 0 radical (unpaired) electrons. The van der Waals surface area contributed by atoms with Crippen LogP contribution in [-0.4, -0.2) is 10.7 Å². The van der Waals surface area contributed by atoms with Crippen molar-refractivity contribution in [2.24, 2.45) is 0 Å². The van der Waals surface area contributed by atoms with Crippen LogP contribution in [0.3, 0.4) is 0 Å². The minimum Gasteiger partial charge on any atom is -0.298 e. The van der Waals surface area contributed by atoms with Gasteiger partial charge in [-0.3, -0.25) is 9.36 Å².